The molecule has 0 aliphatic carbocycles. The summed E-state index contributed by atoms with van der Waals surface area (Å²) in [6.45, 7) is 1.97. The summed E-state index contributed by atoms with van der Waals surface area (Å²) in [7, 11) is 0. The highest BCUT2D eigenvalue weighted by Gasteiger charge is 2.18. The Bertz CT molecular complexity index is 728. The molecule has 1 amide bonds. The molecule has 0 atom stereocenters. The molecule has 1 aliphatic heterocycles. The molecule has 2 aromatic rings. The smallest absolute Gasteiger partial charge is 0.259 e. The molecule has 21 heavy (non-hydrogen) atoms. The van der Waals surface area contributed by atoms with Crippen LogP contribution in [0.3, 0.4) is 0 Å². The summed E-state index contributed by atoms with van der Waals surface area (Å²) in [6.07, 6.45) is 0. The normalized spacial score (nSPS) is 12.2. The van der Waals surface area contributed by atoms with Crippen LogP contribution in [0, 0.1) is 6.92 Å². The number of nitrogen functional groups attached to an aromatic ring is 1. The van der Waals surface area contributed by atoms with Crippen LogP contribution in [-0.2, 0) is 0 Å². The van der Waals surface area contributed by atoms with Gasteiger partial charge in [-0.05, 0) is 19.1 Å². The lowest BCUT2D eigenvalue weighted by atomic mass is 10.1. The van der Waals surface area contributed by atoms with Crippen LogP contribution in [0.4, 0.5) is 11.4 Å². The van der Waals surface area contributed by atoms with E-state index >= 15 is 0 Å². The zero-order valence-electron chi connectivity index (χ0n) is 11.3. The third-order valence-corrected chi connectivity index (χ3v) is 3.19. The maximum atomic E-state index is 12.2. The predicted molar refractivity (Wildman–Crippen MR) is 77.8 cm³/mol. The molecule has 0 fully saturated rings. The van der Waals surface area contributed by atoms with Crippen LogP contribution in [0.1, 0.15) is 15.9 Å². The zero-order valence-corrected chi connectivity index (χ0v) is 11.3. The number of benzene rings is 2. The van der Waals surface area contributed by atoms with Crippen LogP contribution in [0.5, 0.6) is 17.2 Å². The van der Waals surface area contributed by atoms with Crippen molar-refractivity contribution in [2.24, 2.45) is 0 Å². The van der Waals surface area contributed by atoms with Crippen molar-refractivity contribution in [2.75, 3.05) is 17.8 Å². The van der Waals surface area contributed by atoms with Crippen molar-refractivity contribution in [3.05, 3.63) is 41.5 Å². The number of carbonyl (C=O) groups is 1. The number of hydrogen-bond donors (Lipinski definition) is 3. The summed E-state index contributed by atoms with van der Waals surface area (Å²) in [6, 6.07) is 8.00. The van der Waals surface area contributed by atoms with E-state index in [1.54, 1.807) is 24.3 Å². The van der Waals surface area contributed by atoms with Gasteiger partial charge < -0.3 is 25.6 Å². The lowest BCUT2D eigenvalue weighted by molar-refractivity contribution is 0.102. The van der Waals surface area contributed by atoms with Crippen molar-refractivity contribution < 1.29 is 19.4 Å². The molecule has 0 aromatic heterocycles. The van der Waals surface area contributed by atoms with E-state index in [9.17, 15) is 9.90 Å². The van der Waals surface area contributed by atoms with Gasteiger partial charge in [0, 0.05) is 12.1 Å². The van der Waals surface area contributed by atoms with Gasteiger partial charge in [0.15, 0.2) is 11.5 Å². The van der Waals surface area contributed by atoms with Gasteiger partial charge in [-0.2, -0.15) is 0 Å². The minimum absolute atomic E-state index is 0.0857. The first-order valence-corrected chi connectivity index (χ1v) is 6.34. The Morgan fingerprint density at radius 3 is 2.71 bits per heavy atom. The second-order valence-corrected chi connectivity index (χ2v) is 4.77. The van der Waals surface area contributed by atoms with Crippen molar-refractivity contribution in [2.45, 2.75) is 6.92 Å². The summed E-state index contributed by atoms with van der Waals surface area (Å²) < 4.78 is 10.4. The number of aryl methyl sites for hydroxylation is 1. The second kappa shape index (κ2) is 4.90. The average Bonchev–Trinajstić information content (AvgIpc) is 2.88. The largest absolute Gasteiger partial charge is 0.507 e. The van der Waals surface area contributed by atoms with E-state index in [-0.39, 0.29) is 18.1 Å². The second-order valence-electron chi connectivity index (χ2n) is 4.77. The summed E-state index contributed by atoms with van der Waals surface area (Å²) in [5.74, 6) is 0.538. The Balaban J connectivity index is 1.90. The lowest BCUT2D eigenvalue weighted by Gasteiger charge is -2.10. The number of ether oxygens (including phenoxy) is 2. The fraction of sp³-hybridized carbons (Fsp3) is 0.133. The minimum Gasteiger partial charge on any atom is -0.507 e. The van der Waals surface area contributed by atoms with E-state index in [4.69, 9.17) is 15.2 Å². The van der Waals surface area contributed by atoms with Gasteiger partial charge in [0.2, 0.25) is 6.79 Å². The van der Waals surface area contributed by atoms with E-state index in [2.05, 4.69) is 5.32 Å². The number of anilines is 2. The minimum atomic E-state index is -0.443. The van der Waals surface area contributed by atoms with Crippen LogP contribution >= 0.6 is 0 Å². The number of amides is 1. The third kappa shape index (κ3) is 2.43. The highest BCUT2D eigenvalue weighted by molar-refractivity contribution is 6.07. The van der Waals surface area contributed by atoms with Crippen molar-refractivity contribution in [1.29, 1.82) is 0 Å². The van der Waals surface area contributed by atoms with Gasteiger partial charge in [0.05, 0.1) is 16.9 Å². The van der Waals surface area contributed by atoms with Crippen molar-refractivity contribution in [3.63, 3.8) is 0 Å². The number of phenols is 1. The maximum absolute atomic E-state index is 12.2. The summed E-state index contributed by atoms with van der Waals surface area (Å²) >= 11 is 0. The molecule has 0 spiro atoms. The number of carbonyl (C=O) groups excluding carboxylic acids is 1. The summed E-state index contributed by atoms with van der Waals surface area (Å²) in [5.41, 5.74) is 7.70. The molecule has 6 nitrogen and oxygen atoms in total. The van der Waals surface area contributed by atoms with Gasteiger partial charge in [0.25, 0.3) is 5.91 Å². The van der Waals surface area contributed by atoms with Crippen LogP contribution in [0.15, 0.2) is 30.3 Å². The van der Waals surface area contributed by atoms with Crippen LogP contribution in [-0.4, -0.2) is 17.8 Å². The summed E-state index contributed by atoms with van der Waals surface area (Å²) in [4.78, 5) is 12.2. The first kappa shape index (κ1) is 13.1. The van der Waals surface area contributed by atoms with Crippen LogP contribution in [0.25, 0.3) is 0 Å². The van der Waals surface area contributed by atoms with E-state index in [0.717, 1.165) is 5.56 Å². The monoisotopic (exact) mass is 286 g/mol. The standard InChI is InChI=1S/C15H14N2O4/c1-8-2-3-12(18)9(4-8)15(19)17-11-6-14-13(5-10(11)16)20-7-21-14/h2-6,18H,7,16H2,1H3,(H,17,19). The molecule has 6 heteroatoms. The van der Waals surface area contributed by atoms with Crippen molar-refractivity contribution >= 4 is 17.3 Å². The molecule has 4 N–H and O–H groups in total. The molecule has 0 saturated heterocycles. The number of nitrogens with one attached hydrogen (secondary N) is 1. The van der Waals surface area contributed by atoms with E-state index in [1.807, 2.05) is 6.92 Å². The van der Waals surface area contributed by atoms with Gasteiger partial charge in [-0.25, -0.2) is 0 Å². The molecule has 0 unspecified atom stereocenters. The zero-order chi connectivity index (χ0) is 15.0. The Labute approximate surface area is 121 Å². The number of rotatable bonds is 2. The molecular weight excluding hydrogens is 272 g/mol. The lowest BCUT2D eigenvalue weighted by Crippen LogP contribution is -2.13. The Kier molecular flexibility index (Phi) is 3.06. The van der Waals surface area contributed by atoms with Crippen LogP contribution in [0.2, 0.25) is 0 Å². The highest BCUT2D eigenvalue weighted by Crippen LogP contribution is 2.38. The number of aromatic hydroxyl groups is 1. The molecule has 0 radical (unpaired) electrons. The Hall–Kier alpha value is -2.89. The topological polar surface area (TPSA) is 93.8 Å². The number of nitrogens with two attached hydrogens (primary N) is 1. The van der Waals surface area contributed by atoms with E-state index in [0.29, 0.717) is 22.9 Å². The van der Waals surface area contributed by atoms with E-state index in [1.165, 1.54) is 6.07 Å². The Morgan fingerprint density at radius 2 is 1.95 bits per heavy atom. The molecule has 0 bridgehead atoms. The Morgan fingerprint density at radius 1 is 1.24 bits per heavy atom. The van der Waals surface area contributed by atoms with Gasteiger partial charge in [-0.1, -0.05) is 11.6 Å². The fourth-order valence-electron chi connectivity index (χ4n) is 2.09. The van der Waals surface area contributed by atoms with Crippen LogP contribution < -0.4 is 20.5 Å². The molecule has 2 aromatic carbocycles. The molecule has 108 valence electrons. The van der Waals surface area contributed by atoms with Crippen molar-refractivity contribution in [3.8, 4) is 17.2 Å². The van der Waals surface area contributed by atoms with Gasteiger partial charge in [-0.3, -0.25) is 4.79 Å². The van der Waals surface area contributed by atoms with E-state index < -0.39 is 5.91 Å². The van der Waals surface area contributed by atoms with Gasteiger partial charge in [-0.15, -0.1) is 0 Å². The molecular formula is C15H14N2O4. The number of phenolic OH excluding ortho intramolecular Hbond substituents is 1. The van der Waals surface area contributed by atoms with Gasteiger partial charge >= 0.3 is 0 Å². The quantitative estimate of drug-likeness (QED) is 0.736. The fourth-order valence-corrected chi connectivity index (χ4v) is 2.09. The predicted octanol–water partition coefficient (Wildman–Crippen LogP) is 2.26. The SMILES string of the molecule is Cc1ccc(O)c(C(=O)Nc2cc3c(cc2N)OCO3)c1. The molecule has 0 saturated carbocycles. The summed E-state index contributed by atoms with van der Waals surface area (Å²) in [5, 5.41) is 12.4. The first-order valence-electron chi connectivity index (χ1n) is 6.34. The number of fused-ring (bicyclic) bond motifs is 1. The maximum Gasteiger partial charge on any atom is 0.259 e. The third-order valence-electron chi connectivity index (χ3n) is 3.19. The van der Waals surface area contributed by atoms with Crippen molar-refractivity contribution in [1.82, 2.24) is 0 Å². The average molecular weight is 286 g/mol. The molecule has 1 heterocycles. The molecule has 1 aliphatic rings. The first-order chi connectivity index (χ1) is 10.0. The van der Waals surface area contributed by atoms with Gasteiger partial charge in [0.1, 0.15) is 5.75 Å². The highest BCUT2D eigenvalue weighted by atomic mass is 16.7. The molecule has 3 rings (SSSR count). The number of hydrogen-bond acceptors (Lipinski definition) is 5.